The van der Waals surface area contributed by atoms with E-state index in [2.05, 4.69) is 5.32 Å². The molecule has 6 nitrogen and oxygen atoms in total. The van der Waals surface area contributed by atoms with Gasteiger partial charge in [0.2, 0.25) is 12.7 Å². The number of nitrogens with zero attached hydrogens (tertiary/aromatic N) is 1. The molecule has 1 aliphatic rings. The minimum Gasteiger partial charge on any atom is -0.454 e. The van der Waals surface area contributed by atoms with Gasteiger partial charge in [-0.05, 0) is 23.8 Å². The molecule has 0 bridgehead atoms. The van der Waals surface area contributed by atoms with Crippen molar-refractivity contribution >= 4 is 22.6 Å². The first kappa shape index (κ1) is 17.1. The summed E-state index contributed by atoms with van der Waals surface area (Å²) >= 11 is 0. The number of benzene rings is 2. The fourth-order valence-electron chi connectivity index (χ4n) is 3.25. The predicted octanol–water partition coefficient (Wildman–Crippen LogP) is 3.28. The third kappa shape index (κ3) is 3.38. The van der Waals surface area contributed by atoms with E-state index in [9.17, 15) is 9.59 Å². The minimum atomic E-state index is -0.121. The second-order valence-corrected chi connectivity index (χ2v) is 6.43. The molecule has 3 aromatic rings. The monoisotopic (exact) mass is 364 g/mol. The van der Waals surface area contributed by atoms with Crippen LogP contribution in [0.5, 0.6) is 11.5 Å². The van der Waals surface area contributed by atoms with E-state index in [1.165, 1.54) is 0 Å². The van der Waals surface area contributed by atoms with Crippen molar-refractivity contribution < 1.29 is 19.1 Å². The summed E-state index contributed by atoms with van der Waals surface area (Å²) in [6, 6.07) is 13.3. The summed E-state index contributed by atoms with van der Waals surface area (Å²) in [5.74, 6) is 1.37. The lowest BCUT2D eigenvalue weighted by atomic mass is 10.1. The van der Waals surface area contributed by atoms with E-state index < -0.39 is 0 Å². The molecule has 0 saturated heterocycles. The average Bonchev–Trinajstić information content (AvgIpc) is 3.30. The topological polar surface area (TPSA) is 69.6 Å². The summed E-state index contributed by atoms with van der Waals surface area (Å²) in [5.41, 5.74) is 2.48. The van der Waals surface area contributed by atoms with Crippen LogP contribution in [0.15, 0.2) is 48.7 Å². The zero-order chi connectivity index (χ0) is 18.8. The van der Waals surface area contributed by atoms with Crippen molar-refractivity contribution in [2.45, 2.75) is 26.4 Å². The Balaban J connectivity index is 1.47. The molecule has 0 radical (unpaired) electrons. The number of Topliss-reactive ketones (excluding diaryl/α,β-unsaturated/α-hetero) is 1. The maximum atomic E-state index is 12.4. The molecule has 0 atom stereocenters. The van der Waals surface area contributed by atoms with E-state index in [4.69, 9.17) is 9.47 Å². The van der Waals surface area contributed by atoms with Crippen molar-refractivity contribution in [2.75, 3.05) is 6.79 Å². The number of carbonyl (C=O) groups is 2. The summed E-state index contributed by atoms with van der Waals surface area (Å²) < 4.78 is 12.5. The standard InChI is InChI=1S/C21H20N2O4/c1-2-18(24)16-11-23(17-6-4-3-5-15(16)17)12-21(25)22-10-14-7-8-19-20(9-14)27-13-26-19/h3-9,11H,2,10,12-13H2,1H3,(H,22,25). The zero-order valence-corrected chi connectivity index (χ0v) is 15.0. The number of hydrogen-bond donors (Lipinski definition) is 1. The van der Waals surface area contributed by atoms with Crippen molar-refractivity contribution in [1.29, 1.82) is 0 Å². The van der Waals surface area contributed by atoms with Gasteiger partial charge in [0.15, 0.2) is 17.3 Å². The first-order chi connectivity index (χ1) is 13.2. The van der Waals surface area contributed by atoms with Crippen molar-refractivity contribution in [3.63, 3.8) is 0 Å². The minimum absolute atomic E-state index is 0.0747. The second-order valence-electron chi connectivity index (χ2n) is 6.43. The largest absolute Gasteiger partial charge is 0.454 e. The van der Waals surface area contributed by atoms with Gasteiger partial charge < -0.3 is 19.4 Å². The van der Waals surface area contributed by atoms with Crippen LogP contribution in [0.4, 0.5) is 0 Å². The highest BCUT2D eigenvalue weighted by Gasteiger charge is 2.16. The van der Waals surface area contributed by atoms with Crippen LogP contribution in [0, 0.1) is 0 Å². The number of rotatable bonds is 6. The molecule has 1 N–H and O–H groups in total. The molecule has 2 heterocycles. The molecule has 0 fully saturated rings. The van der Waals surface area contributed by atoms with E-state index >= 15 is 0 Å². The van der Waals surface area contributed by atoms with Crippen LogP contribution in [-0.4, -0.2) is 23.1 Å². The fourth-order valence-corrected chi connectivity index (χ4v) is 3.25. The van der Waals surface area contributed by atoms with Gasteiger partial charge in [0.25, 0.3) is 0 Å². The highest BCUT2D eigenvalue weighted by Crippen LogP contribution is 2.32. The van der Waals surface area contributed by atoms with Gasteiger partial charge in [-0.15, -0.1) is 0 Å². The van der Waals surface area contributed by atoms with Gasteiger partial charge in [0, 0.05) is 35.6 Å². The molecule has 4 rings (SSSR count). The molecule has 1 aromatic heterocycles. The van der Waals surface area contributed by atoms with Gasteiger partial charge in [-0.2, -0.15) is 0 Å². The van der Waals surface area contributed by atoms with Gasteiger partial charge in [-0.25, -0.2) is 0 Å². The number of ketones is 1. The normalized spacial score (nSPS) is 12.3. The Labute approximate surface area is 156 Å². The van der Waals surface area contributed by atoms with Gasteiger partial charge in [0.1, 0.15) is 6.54 Å². The fraction of sp³-hybridized carbons (Fsp3) is 0.238. The number of hydrogen-bond acceptors (Lipinski definition) is 4. The van der Waals surface area contributed by atoms with Gasteiger partial charge in [0.05, 0.1) is 0 Å². The van der Waals surface area contributed by atoms with E-state index in [0.717, 1.165) is 22.2 Å². The molecule has 0 aliphatic carbocycles. The van der Waals surface area contributed by atoms with Crippen molar-refractivity contribution in [3.05, 3.63) is 59.8 Å². The smallest absolute Gasteiger partial charge is 0.240 e. The quantitative estimate of drug-likeness (QED) is 0.682. The summed E-state index contributed by atoms with van der Waals surface area (Å²) in [6.07, 6.45) is 2.21. The number of nitrogens with one attached hydrogen (secondary N) is 1. The lowest BCUT2D eigenvalue weighted by Gasteiger charge is -2.08. The molecule has 1 aliphatic heterocycles. The maximum Gasteiger partial charge on any atom is 0.240 e. The molecule has 2 aromatic carbocycles. The molecule has 27 heavy (non-hydrogen) atoms. The molecule has 138 valence electrons. The number of carbonyl (C=O) groups excluding carboxylic acids is 2. The van der Waals surface area contributed by atoms with E-state index in [0.29, 0.717) is 24.3 Å². The highest BCUT2D eigenvalue weighted by atomic mass is 16.7. The summed E-state index contributed by atoms with van der Waals surface area (Å²) in [4.78, 5) is 24.6. The molecule has 0 spiro atoms. The Morgan fingerprint density at radius 2 is 1.93 bits per heavy atom. The third-order valence-electron chi connectivity index (χ3n) is 4.65. The number of ether oxygens (including phenoxy) is 2. The van der Waals surface area contributed by atoms with Gasteiger partial charge >= 0.3 is 0 Å². The van der Waals surface area contributed by atoms with Gasteiger partial charge in [-0.3, -0.25) is 9.59 Å². The molecular weight excluding hydrogens is 344 g/mol. The van der Waals surface area contributed by atoms with Crippen molar-refractivity contribution in [2.24, 2.45) is 0 Å². The van der Waals surface area contributed by atoms with Crippen LogP contribution in [-0.2, 0) is 17.9 Å². The third-order valence-corrected chi connectivity index (χ3v) is 4.65. The van der Waals surface area contributed by atoms with E-state index in [1.807, 2.05) is 54.0 Å². The number of para-hydroxylation sites is 1. The van der Waals surface area contributed by atoms with E-state index in [-0.39, 0.29) is 25.0 Å². The van der Waals surface area contributed by atoms with Crippen LogP contribution >= 0.6 is 0 Å². The Morgan fingerprint density at radius 3 is 2.78 bits per heavy atom. The highest BCUT2D eigenvalue weighted by molar-refractivity contribution is 6.08. The summed E-state index contributed by atoms with van der Waals surface area (Å²) in [7, 11) is 0. The molecular formula is C21H20N2O4. The zero-order valence-electron chi connectivity index (χ0n) is 15.0. The number of amides is 1. The van der Waals surface area contributed by atoms with Crippen LogP contribution < -0.4 is 14.8 Å². The van der Waals surface area contributed by atoms with E-state index in [1.54, 1.807) is 6.20 Å². The lowest BCUT2D eigenvalue weighted by molar-refractivity contribution is -0.121. The first-order valence-corrected chi connectivity index (χ1v) is 8.92. The number of aromatic nitrogens is 1. The molecule has 0 unspecified atom stereocenters. The molecule has 6 heteroatoms. The predicted molar refractivity (Wildman–Crippen MR) is 101 cm³/mol. The summed E-state index contributed by atoms with van der Waals surface area (Å²) in [6.45, 7) is 2.62. The molecule has 1 amide bonds. The first-order valence-electron chi connectivity index (χ1n) is 8.92. The lowest BCUT2D eigenvalue weighted by Crippen LogP contribution is -2.26. The molecule has 0 saturated carbocycles. The Morgan fingerprint density at radius 1 is 1.11 bits per heavy atom. The van der Waals surface area contributed by atoms with Crippen LogP contribution in [0.3, 0.4) is 0 Å². The van der Waals surface area contributed by atoms with Crippen molar-refractivity contribution in [1.82, 2.24) is 9.88 Å². The number of fused-ring (bicyclic) bond motifs is 2. The Kier molecular flexibility index (Phi) is 4.54. The van der Waals surface area contributed by atoms with Crippen LogP contribution in [0.25, 0.3) is 10.9 Å². The summed E-state index contributed by atoms with van der Waals surface area (Å²) in [5, 5.41) is 3.80. The van der Waals surface area contributed by atoms with Crippen LogP contribution in [0.1, 0.15) is 29.3 Å². The Hall–Kier alpha value is -3.28. The van der Waals surface area contributed by atoms with Gasteiger partial charge in [-0.1, -0.05) is 31.2 Å². The average molecular weight is 364 g/mol. The SMILES string of the molecule is CCC(=O)c1cn(CC(=O)NCc2ccc3c(c2)OCO3)c2ccccc12. The van der Waals surface area contributed by atoms with Crippen LogP contribution in [0.2, 0.25) is 0 Å². The maximum absolute atomic E-state index is 12.4. The van der Waals surface area contributed by atoms with Crippen molar-refractivity contribution in [3.8, 4) is 11.5 Å². The second kappa shape index (κ2) is 7.15. The Bertz CT molecular complexity index is 1020.